The second-order valence-electron chi connectivity index (χ2n) is 7.14. The van der Waals surface area contributed by atoms with Crippen LogP contribution >= 0.6 is 0 Å². The highest BCUT2D eigenvalue weighted by Gasteiger charge is 2.07. The molecule has 0 saturated carbocycles. The van der Waals surface area contributed by atoms with Crippen molar-refractivity contribution in [2.75, 3.05) is 31.5 Å². The predicted octanol–water partition coefficient (Wildman–Crippen LogP) is 4.27. The number of carbonyl (C=O) groups excluding carboxylic acids is 1. The summed E-state index contributed by atoms with van der Waals surface area (Å²) in [6.07, 6.45) is 1.55. The number of amides is 1. The first-order valence-electron chi connectivity index (χ1n) is 10.4. The summed E-state index contributed by atoms with van der Waals surface area (Å²) in [6, 6.07) is 17.5. The Balaban J connectivity index is 1.60. The summed E-state index contributed by atoms with van der Waals surface area (Å²) in [5, 5.41) is 6.25. The van der Waals surface area contributed by atoms with Crippen molar-refractivity contribution in [3.63, 3.8) is 0 Å². The van der Waals surface area contributed by atoms with Gasteiger partial charge in [0, 0.05) is 36.0 Å². The zero-order valence-corrected chi connectivity index (χ0v) is 17.9. The first-order valence-corrected chi connectivity index (χ1v) is 10.4. The van der Waals surface area contributed by atoms with Gasteiger partial charge < -0.3 is 15.5 Å². The molecule has 2 N–H and O–H groups in total. The van der Waals surface area contributed by atoms with Crippen LogP contribution in [0, 0.1) is 6.92 Å². The van der Waals surface area contributed by atoms with E-state index in [9.17, 15) is 4.79 Å². The molecule has 1 heterocycles. The average molecular weight is 404 g/mol. The van der Waals surface area contributed by atoms with Crippen LogP contribution in [0.3, 0.4) is 0 Å². The van der Waals surface area contributed by atoms with Gasteiger partial charge in [0.2, 0.25) is 0 Å². The summed E-state index contributed by atoms with van der Waals surface area (Å²) in [4.78, 5) is 23.3. The van der Waals surface area contributed by atoms with Crippen molar-refractivity contribution < 1.29 is 4.79 Å². The molecule has 6 heteroatoms. The number of nitrogens with one attached hydrogen (secondary N) is 2. The number of hydrogen-bond acceptors (Lipinski definition) is 5. The predicted molar refractivity (Wildman–Crippen MR) is 122 cm³/mol. The fourth-order valence-corrected chi connectivity index (χ4v) is 3.13. The van der Waals surface area contributed by atoms with E-state index in [1.165, 1.54) is 5.56 Å². The number of likely N-dealkylation sites (N-methyl/N-ethyl adjacent to an activating group) is 1. The van der Waals surface area contributed by atoms with E-state index in [1.807, 2.05) is 30.3 Å². The second kappa shape index (κ2) is 10.5. The molecular weight excluding hydrogens is 374 g/mol. The van der Waals surface area contributed by atoms with Gasteiger partial charge in [-0.1, -0.05) is 43.7 Å². The standard InChI is InChI=1S/C24H29N5O/c1-4-29(5-2)15-14-25-24(30)20-10-12-21(13-11-20)28-23-16-22(26-17-27-23)19-8-6-18(3)7-9-19/h6-13,16-17H,4-5,14-15H2,1-3H3,(H,25,30)(H,26,27,28). The molecule has 2 aromatic carbocycles. The molecule has 0 aliphatic carbocycles. The van der Waals surface area contributed by atoms with Gasteiger partial charge in [0.05, 0.1) is 5.69 Å². The molecule has 0 unspecified atom stereocenters. The van der Waals surface area contributed by atoms with Gasteiger partial charge in [-0.3, -0.25) is 4.79 Å². The third kappa shape index (κ3) is 5.87. The number of anilines is 2. The number of aromatic nitrogens is 2. The van der Waals surface area contributed by atoms with Crippen molar-refractivity contribution in [3.8, 4) is 11.3 Å². The topological polar surface area (TPSA) is 70.2 Å². The van der Waals surface area contributed by atoms with E-state index in [2.05, 4.69) is 70.5 Å². The number of carbonyl (C=O) groups is 1. The normalized spacial score (nSPS) is 10.8. The first-order chi connectivity index (χ1) is 14.6. The van der Waals surface area contributed by atoms with Crippen molar-refractivity contribution in [2.45, 2.75) is 20.8 Å². The van der Waals surface area contributed by atoms with Crippen molar-refractivity contribution in [1.82, 2.24) is 20.2 Å². The molecule has 0 atom stereocenters. The van der Waals surface area contributed by atoms with Crippen LogP contribution < -0.4 is 10.6 Å². The smallest absolute Gasteiger partial charge is 0.251 e. The Hall–Kier alpha value is -3.25. The Morgan fingerprint density at radius 2 is 1.67 bits per heavy atom. The second-order valence-corrected chi connectivity index (χ2v) is 7.14. The lowest BCUT2D eigenvalue weighted by atomic mass is 10.1. The molecule has 0 bridgehead atoms. The van der Waals surface area contributed by atoms with Crippen LogP contribution in [0.2, 0.25) is 0 Å². The Morgan fingerprint density at radius 3 is 2.33 bits per heavy atom. The molecule has 6 nitrogen and oxygen atoms in total. The Labute approximate surface area is 178 Å². The molecule has 156 valence electrons. The number of rotatable bonds is 9. The molecule has 0 radical (unpaired) electrons. The molecule has 0 spiro atoms. The van der Waals surface area contributed by atoms with Gasteiger partial charge >= 0.3 is 0 Å². The fourth-order valence-electron chi connectivity index (χ4n) is 3.13. The van der Waals surface area contributed by atoms with Crippen molar-refractivity contribution in [1.29, 1.82) is 0 Å². The van der Waals surface area contributed by atoms with Crippen LogP contribution in [0.25, 0.3) is 11.3 Å². The minimum Gasteiger partial charge on any atom is -0.351 e. The molecule has 0 saturated heterocycles. The van der Waals surface area contributed by atoms with Crippen molar-refractivity contribution >= 4 is 17.4 Å². The van der Waals surface area contributed by atoms with Crippen LogP contribution in [-0.2, 0) is 0 Å². The Kier molecular flexibility index (Phi) is 7.51. The van der Waals surface area contributed by atoms with E-state index < -0.39 is 0 Å². The van der Waals surface area contributed by atoms with E-state index in [1.54, 1.807) is 6.33 Å². The monoisotopic (exact) mass is 403 g/mol. The third-order valence-electron chi connectivity index (χ3n) is 5.04. The van der Waals surface area contributed by atoms with Gasteiger partial charge in [0.1, 0.15) is 12.1 Å². The van der Waals surface area contributed by atoms with Crippen LogP contribution in [0.15, 0.2) is 60.9 Å². The van der Waals surface area contributed by atoms with E-state index in [4.69, 9.17) is 0 Å². The molecular formula is C24H29N5O. The molecule has 0 aliphatic rings. The van der Waals surface area contributed by atoms with Gasteiger partial charge in [0.15, 0.2) is 0 Å². The lowest BCUT2D eigenvalue weighted by Gasteiger charge is -2.18. The fraction of sp³-hybridized carbons (Fsp3) is 0.292. The van der Waals surface area contributed by atoms with Crippen LogP contribution in [-0.4, -0.2) is 47.0 Å². The minimum atomic E-state index is -0.0580. The molecule has 1 aromatic heterocycles. The highest BCUT2D eigenvalue weighted by molar-refractivity contribution is 5.94. The minimum absolute atomic E-state index is 0.0580. The Bertz CT molecular complexity index is 950. The maximum atomic E-state index is 12.3. The largest absolute Gasteiger partial charge is 0.351 e. The summed E-state index contributed by atoms with van der Waals surface area (Å²) in [6.45, 7) is 9.78. The SMILES string of the molecule is CCN(CC)CCNC(=O)c1ccc(Nc2cc(-c3ccc(C)cc3)ncn2)cc1. The van der Waals surface area contributed by atoms with Crippen LogP contribution in [0.4, 0.5) is 11.5 Å². The van der Waals surface area contributed by atoms with Crippen LogP contribution in [0.1, 0.15) is 29.8 Å². The molecule has 3 rings (SSSR count). The number of nitrogens with zero attached hydrogens (tertiary/aromatic N) is 3. The summed E-state index contributed by atoms with van der Waals surface area (Å²) < 4.78 is 0. The van der Waals surface area contributed by atoms with Gasteiger partial charge in [-0.2, -0.15) is 0 Å². The quantitative estimate of drug-likeness (QED) is 0.558. The van der Waals surface area contributed by atoms with E-state index in [0.29, 0.717) is 17.9 Å². The zero-order valence-electron chi connectivity index (χ0n) is 17.9. The summed E-state index contributed by atoms with van der Waals surface area (Å²) >= 11 is 0. The van der Waals surface area contributed by atoms with Crippen LogP contribution in [0.5, 0.6) is 0 Å². The lowest BCUT2D eigenvalue weighted by molar-refractivity contribution is 0.0949. The first kappa shape index (κ1) is 21.5. The maximum absolute atomic E-state index is 12.3. The van der Waals surface area contributed by atoms with E-state index in [-0.39, 0.29) is 5.91 Å². The van der Waals surface area contributed by atoms with Crippen molar-refractivity contribution in [3.05, 3.63) is 72.1 Å². The molecule has 3 aromatic rings. The highest BCUT2D eigenvalue weighted by Crippen LogP contribution is 2.21. The van der Waals surface area contributed by atoms with Gasteiger partial charge in [-0.25, -0.2) is 9.97 Å². The molecule has 30 heavy (non-hydrogen) atoms. The number of hydrogen-bond donors (Lipinski definition) is 2. The summed E-state index contributed by atoms with van der Waals surface area (Å²) in [7, 11) is 0. The average Bonchev–Trinajstić information content (AvgIpc) is 2.78. The lowest BCUT2D eigenvalue weighted by Crippen LogP contribution is -2.34. The maximum Gasteiger partial charge on any atom is 0.251 e. The summed E-state index contributed by atoms with van der Waals surface area (Å²) in [5.41, 5.74) is 4.62. The highest BCUT2D eigenvalue weighted by atomic mass is 16.1. The summed E-state index contributed by atoms with van der Waals surface area (Å²) in [5.74, 6) is 0.648. The van der Waals surface area contributed by atoms with E-state index in [0.717, 1.165) is 36.6 Å². The number of aryl methyl sites for hydroxylation is 1. The van der Waals surface area contributed by atoms with Crippen molar-refractivity contribution in [2.24, 2.45) is 0 Å². The Morgan fingerprint density at radius 1 is 0.967 bits per heavy atom. The van der Waals surface area contributed by atoms with Gasteiger partial charge in [0.25, 0.3) is 5.91 Å². The molecule has 0 fully saturated rings. The van der Waals surface area contributed by atoms with Gasteiger partial charge in [-0.05, 0) is 44.3 Å². The number of benzene rings is 2. The molecule has 1 amide bonds. The van der Waals surface area contributed by atoms with E-state index >= 15 is 0 Å². The van der Waals surface area contributed by atoms with Gasteiger partial charge in [-0.15, -0.1) is 0 Å². The third-order valence-corrected chi connectivity index (χ3v) is 5.04. The molecule has 0 aliphatic heterocycles. The zero-order chi connectivity index (χ0) is 21.3.